The van der Waals surface area contributed by atoms with Crippen molar-refractivity contribution in [2.75, 3.05) is 0 Å². The lowest BCUT2D eigenvalue weighted by atomic mass is 9.97. The van der Waals surface area contributed by atoms with E-state index in [4.69, 9.17) is 14.4 Å². The molecule has 0 unspecified atom stereocenters. The molecule has 2 heterocycles. The Balaban J connectivity index is 1.15. The Morgan fingerprint density at radius 1 is 0.528 bits per heavy atom. The van der Waals surface area contributed by atoms with Gasteiger partial charge in [-0.2, -0.15) is 0 Å². The second kappa shape index (κ2) is 12.8. The molecule has 2 aromatic heterocycles. The van der Waals surface area contributed by atoms with E-state index in [1.165, 1.54) is 41.7 Å². The lowest BCUT2D eigenvalue weighted by Crippen LogP contribution is -2.06. The molecule has 4 nitrogen and oxygen atoms in total. The van der Waals surface area contributed by atoms with Crippen LogP contribution in [0.4, 0.5) is 0 Å². The van der Waals surface area contributed by atoms with E-state index in [1.807, 2.05) is 18.2 Å². The van der Waals surface area contributed by atoms with Crippen LogP contribution in [0.2, 0.25) is 0 Å². The monoisotopic (exact) mass is 697 g/mol. The van der Waals surface area contributed by atoms with E-state index in [0.717, 1.165) is 49.8 Å². The lowest BCUT2D eigenvalue weighted by molar-refractivity contribution is 0.669. The molecule has 10 rings (SSSR count). The van der Waals surface area contributed by atoms with Crippen LogP contribution in [0.15, 0.2) is 183 Å². The van der Waals surface area contributed by atoms with Crippen molar-refractivity contribution < 1.29 is 4.42 Å². The van der Waals surface area contributed by atoms with Gasteiger partial charge >= 0.3 is 0 Å². The van der Waals surface area contributed by atoms with Gasteiger partial charge in [-0.25, -0.2) is 9.98 Å². The smallest absolute Gasteiger partial charge is 0.161 e. The van der Waals surface area contributed by atoms with Gasteiger partial charge in [0, 0.05) is 42.1 Å². The average Bonchev–Trinajstić information content (AvgIpc) is 3.79. The predicted molar refractivity (Wildman–Crippen MR) is 226 cm³/mol. The van der Waals surface area contributed by atoms with Crippen LogP contribution < -0.4 is 0 Å². The highest BCUT2D eigenvalue weighted by Gasteiger charge is 2.15. The second-order valence-corrected chi connectivity index (χ2v) is 14.3. The van der Waals surface area contributed by atoms with Crippen LogP contribution in [0.1, 0.15) is 16.7 Å². The van der Waals surface area contributed by atoms with Gasteiger partial charge in [0.25, 0.3) is 0 Å². The van der Waals surface area contributed by atoms with Gasteiger partial charge in [0.15, 0.2) is 11.7 Å². The zero-order valence-electron chi connectivity index (χ0n) is 28.7. The molecule has 0 spiro atoms. The van der Waals surface area contributed by atoms with Crippen molar-refractivity contribution in [2.45, 2.75) is 6.54 Å². The fourth-order valence-electron chi connectivity index (χ4n) is 7.61. The third kappa shape index (κ3) is 5.41. The van der Waals surface area contributed by atoms with Crippen molar-refractivity contribution in [2.24, 2.45) is 15.0 Å². The van der Waals surface area contributed by atoms with Crippen LogP contribution in [-0.2, 0) is 6.54 Å². The number of fused-ring (bicyclic) bond motifs is 9. The topological polar surface area (TPSA) is 50.2 Å². The summed E-state index contributed by atoms with van der Waals surface area (Å²) in [5, 5.41) is 9.41. The van der Waals surface area contributed by atoms with Gasteiger partial charge in [-0.1, -0.05) is 115 Å². The SMILES string of the molecule is C=N/C(=N\C(=N/Cc1cc2ccccc2c2ccccc12)c1cccc(-c2cccc3oc4ccccc4c23)c1)c1ccc2sc3ccccc3c2c1. The quantitative estimate of drug-likeness (QED) is 0.100. The van der Waals surface area contributed by atoms with Gasteiger partial charge in [0.05, 0.1) is 6.54 Å². The summed E-state index contributed by atoms with van der Waals surface area (Å²) in [6.07, 6.45) is 0. The van der Waals surface area contributed by atoms with E-state index in [0.29, 0.717) is 18.2 Å². The number of furan rings is 1. The van der Waals surface area contributed by atoms with Gasteiger partial charge in [-0.05, 0) is 93.5 Å². The first-order valence-corrected chi connectivity index (χ1v) is 18.5. The number of nitrogens with zero attached hydrogens (tertiary/aromatic N) is 3. The zero-order valence-corrected chi connectivity index (χ0v) is 29.5. The molecule has 8 aromatic carbocycles. The number of para-hydroxylation sites is 1. The number of hydrogen-bond acceptors (Lipinski definition) is 3. The Morgan fingerprint density at radius 3 is 2.11 bits per heavy atom. The molecule has 0 fully saturated rings. The molecule has 250 valence electrons. The maximum Gasteiger partial charge on any atom is 0.161 e. The van der Waals surface area contributed by atoms with Crippen molar-refractivity contribution in [3.8, 4) is 11.1 Å². The molecule has 0 atom stereocenters. The highest BCUT2D eigenvalue weighted by atomic mass is 32.1. The molecule has 0 N–H and O–H groups in total. The zero-order chi connectivity index (χ0) is 35.3. The molecule has 0 saturated carbocycles. The first-order valence-electron chi connectivity index (χ1n) is 17.6. The molecule has 5 heteroatoms. The minimum absolute atomic E-state index is 0.439. The summed E-state index contributed by atoms with van der Waals surface area (Å²) in [5.41, 5.74) is 6.80. The van der Waals surface area contributed by atoms with Crippen LogP contribution in [0.5, 0.6) is 0 Å². The van der Waals surface area contributed by atoms with Gasteiger partial charge in [-0.15, -0.1) is 11.3 Å². The number of aliphatic imine (C=N–C) groups is 3. The normalized spacial score (nSPS) is 12.5. The summed E-state index contributed by atoms with van der Waals surface area (Å²) in [6, 6.07) is 57.2. The minimum atomic E-state index is 0.439. The minimum Gasteiger partial charge on any atom is -0.456 e. The number of thiophene rings is 1. The molecule has 0 bridgehead atoms. The molecular formula is C48H31N3OS. The van der Waals surface area contributed by atoms with Crippen molar-refractivity contribution in [1.82, 2.24) is 0 Å². The number of hydrogen-bond donors (Lipinski definition) is 0. The third-order valence-electron chi connectivity index (χ3n) is 10.1. The van der Waals surface area contributed by atoms with Crippen LogP contribution in [0.3, 0.4) is 0 Å². The average molecular weight is 698 g/mol. The summed E-state index contributed by atoms with van der Waals surface area (Å²) in [5.74, 6) is 1.11. The molecule has 0 aliphatic carbocycles. The highest BCUT2D eigenvalue weighted by molar-refractivity contribution is 7.25. The van der Waals surface area contributed by atoms with Crippen LogP contribution in [-0.4, -0.2) is 18.4 Å². The molecule has 0 aliphatic heterocycles. The number of amidine groups is 2. The standard InChI is InChI=1S/C48H31N3OS/c1-49-47(33-24-25-45-41(28-33)39-18-7-9-23-44(39)53-45)51-48(50-29-34-27-30-12-2-3-15-35(30)38-17-5-4-16-36(34)38)32-14-10-13-31(26-32)37-20-11-22-43-46(37)40-19-6-8-21-42(40)52-43/h2-28H,1,29H2/b50-48-,51-47-. The second-order valence-electron chi connectivity index (χ2n) is 13.2. The lowest BCUT2D eigenvalue weighted by Gasteiger charge is -2.11. The van der Waals surface area contributed by atoms with E-state index in [-0.39, 0.29) is 0 Å². The van der Waals surface area contributed by atoms with E-state index >= 15 is 0 Å². The van der Waals surface area contributed by atoms with Crippen molar-refractivity contribution >= 4 is 93.4 Å². The molecule has 0 amide bonds. The summed E-state index contributed by atoms with van der Waals surface area (Å²) in [6.45, 7) is 4.43. The Kier molecular flexibility index (Phi) is 7.52. The van der Waals surface area contributed by atoms with Crippen LogP contribution >= 0.6 is 11.3 Å². The van der Waals surface area contributed by atoms with Gasteiger partial charge < -0.3 is 4.42 Å². The Bertz CT molecular complexity index is 3130. The predicted octanol–water partition coefficient (Wildman–Crippen LogP) is 13.0. The van der Waals surface area contributed by atoms with Crippen molar-refractivity contribution in [3.05, 3.63) is 180 Å². The van der Waals surface area contributed by atoms with Crippen LogP contribution in [0, 0.1) is 0 Å². The van der Waals surface area contributed by atoms with E-state index in [9.17, 15) is 0 Å². The Labute approximate surface area is 309 Å². The molecule has 53 heavy (non-hydrogen) atoms. The van der Waals surface area contributed by atoms with E-state index in [2.05, 4.69) is 157 Å². The molecular weight excluding hydrogens is 667 g/mol. The number of rotatable bonds is 5. The van der Waals surface area contributed by atoms with E-state index < -0.39 is 0 Å². The largest absolute Gasteiger partial charge is 0.456 e. The van der Waals surface area contributed by atoms with Gasteiger partial charge in [-0.3, -0.25) is 4.99 Å². The fraction of sp³-hybridized carbons (Fsp3) is 0.0208. The molecule has 0 saturated heterocycles. The van der Waals surface area contributed by atoms with Gasteiger partial charge in [0.2, 0.25) is 0 Å². The summed E-state index contributed by atoms with van der Waals surface area (Å²) in [4.78, 5) is 15.0. The third-order valence-corrected chi connectivity index (χ3v) is 11.2. The fourth-order valence-corrected chi connectivity index (χ4v) is 8.70. The first-order chi connectivity index (χ1) is 26.2. The molecule has 10 aromatic rings. The van der Waals surface area contributed by atoms with Crippen molar-refractivity contribution in [3.63, 3.8) is 0 Å². The van der Waals surface area contributed by atoms with Crippen LogP contribution in [0.25, 0.3) is 74.8 Å². The highest BCUT2D eigenvalue weighted by Crippen LogP contribution is 2.38. The Morgan fingerprint density at radius 2 is 1.23 bits per heavy atom. The molecule has 0 aliphatic rings. The summed E-state index contributed by atoms with van der Waals surface area (Å²) >= 11 is 1.79. The van der Waals surface area contributed by atoms with Crippen molar-refractivity contribution in [1.29, 1.82) is 0 Å². The van der Waals surface area contributed by atoms with Gasteiger partial charge in [0.1, 0.15) is 11.2 Å². The summed E-state index contributed by atoms with van der Waals surface area (Å²) < 4.78 is 8.73. The first kappa shape index (κ1) is 31.1. The number of benzene rings is 8. The molecule has 0 radical (unpaired) electrons. The van der Waals surface area contributed by atoms with E-state index in [1.54, 1.807) is 11.3 Å². The summed E-state index contributed by atoms with van der Waals surface area (Å²) in [7, 11) is 0. The maximum atomic E-state index is 6.25. The Hall–Kier alpha value is -6.69. The maximum absolute atomic E-state index is 6.25.